The van der Waals surface area contributed by atoms with Crippen molar-refractivity contribution in [2.45, 2.75) is 11.8 Å². The van der Waals surface area contributed by atoms with E-state index in [1.165, 1.54) is 23.1 Å². The lowest BCUT2D eigenvalue weighted by Crippen LogP contribution is -2.30. The van der Waals surface area contributed by atoms with Crippen LogP contribution in [0.25, 0.3) is 0 Å². The Hall–Kier alpha value is -1.69. The lowest BCUT2D eigenvalue weighted by Gasteiger charge is -2.13. The minimum Gasteiger partial charge on any atom is -0.478 e. The number of amides is 1. The van der Waals surface area contributed by atoms with Crippen molar-refractivity contribution in [3.05, 3.63) is 29.8 Å². The second-order valence-electron chi connectivity index (χ2n) is 3.73. The van der Waals surface area contributed by atoms with Crippen LogP contribution in [0.2, 0.25) is 0 Å². The second-order valence-corrected chi connectivity index (χ2v) is 5.18. The van der Waals surface area contributed by atoms with Crippen molar-refractivity contribution in [3.63, 3.8) is 0 Å². The first-order valence-corrected chi connectivity index (χ1v) is 6.73. The quantitative estimate of drug-likeness (QED) is 0.864. The Labute approximate surface area is 108 Å². The Bertz CT molecular complexity index is 487. The van der Waals surface area contributed by atoms with E-state index in [0.29, 0.717) is 11.4 Å². The van der Waals surface area contributed by atoms with Gasteiger partial charge in [-0.3, -0.25) is 9.00 Å². The van der Waals surface area contributed by atoms with E-state index in [9.17, 15) is 13.8 Å². The molecule has 0 bridgehead atoms. The summed E-state index contributed by atoms with van der Waals surface area (Å²) in [5.41, 5.74) is 0.0668. The normalized spacial score (nSPS) is 11.9. The maximum atomic E-state index is 11.9. The summed E-state index contributed by atoms with van der Waals surface area (Å²) in [6, 6.07) is 5.83. The maximum Gasteiger partial charge on any atom is 0.335 e. The SMILES string of the molecule is CCN(C)C(=O)CS(=O)c1cccc(C(=O)O)c1. The molecule has 0 saturated carbocycles. The lowest BCUT2D eigenvalue weighted by molar-refractivity contribution is -0.126. The first kappa shape index (κ1) is 14.4. The molecule has 0 aliphatic heterocycles. The van der Waals surface area contributed by atoms with Crippen molar-refractivity contribution in [3.8, 4) is 0 Å². The fraction of sp³-hybridized carbons (Fsp3) is 0.333. The lowest BCUT2D eigenvalue weighted by atomic mass is 10.2. The van der Waals surface area contributed by atoms with Crippen molar-refractivity contribution >= 4 is 22.7 Å². The minimum atomic E-state index is -1.52. The van der Waals surface area contributed by atoms with Gasteiger partial charge in [0.25, 0.3) is 0 Å². The van der Waals surface area contributed by atoms with Gasteiger partial charge in [-0.25, -0.2) is 4.79 Å². The monoisotopic (exact) mass is 269 g/mol. The molecule has 1 atom stereocenters. The van der Waals surface area contributed by atoms with Gasteiger partial charge in [-0.2, -0.15) is 0 Å². The summed E-state index contributed by atoms with van der Waals surface area (Å²) in [6.07, 6.45) is 0. The molecule has 98 valence electrons. The minimum absolute atomic E-state index is 0.0668. The summed E-state index contributed by atoms with van der Waals surface area (Å²) in [4.78, 5) is 24.2. The van der Waals surface area contributed by atoms with Gasteiger partial charge in [-0.05, 0) is 25.1 Å². The zero-order chi connectivity index (χ0) is 13.7. The predicted molar refractivity (Wildman–Crippen MR) is 68.0 cm³/mol. The van der Waals surface area contributed by atoms with E-state index in [0.717, 1.165) is 0 Å². The van der Waals surface area contributed by atoms with Gasteiger partial charge >= 0.3 is 5.97 Å². The van der Waals surface area contributed by atoms with E-state index < -0.39 is 16.8 Å². The second kappa shape index (κ2) is 6.30. The van der Waals surface area contributed by atoms with Crippen LogP contribution in [0, 0.1) is 0 Å². The number of benzene rings is 1. The predicted octanol–water partition coefficient (Wildman–Crippen LogP) is 0.971. The molecule has 1 N–H and O–H groups in total. The zero-order valence-electron chi connectivity index (χ0n) is 10.3. The van der Waals surface area contributed by atoms with E-state index in [1.54, 1.807) is 13.1 Å². The number of carboxylic acid groups (broad SMARTS) is 1. The molecule has 1 amide bonds. The highest BCUT2D eigenvalue weighted by Gasteiger charge is 2.14. The smallest absolute Gasteiger partial charge is 0.335 e. The number of aromatic carboxylic acids is 1. The molecule has 1 aromatic rings. The molecule has 1 unspecified atom stereocenters. The number of rotatable bonds is 5. The summed E-state index contributed by atoms with van der Waals surface area (Å²) in [5, 5.41) is 8.83. The standard InChI is InChI=1S/C12H15NO4S/c1-3-13(2)11(14)8-18(17)10-6-4-5-9(7-10)12(15)16/h4-7H,3,8H2,1-2H3,(H,15,16). The molecular formula is C12H15NO4S. The Balaban J connectivity index is 2.82. The third-order valence-electron chi connectivity index (χ3n) is 2.50. The van der Waals surface area contributed by atoms with Gasteiger partial charge in [0.1, 0.15) is 5.75 Å². The van der Waals surface area contributed by atoms with Crippen LogP contribution < -0.4 is 0 Å². The highest BCUT2D eigenvalue weighted by Crippen LogP contribution is 2.10. The molecule has 0 saturated heterocycles. The van der Waals surface area contributed by atoms with Crippen LogP contribution in [0.5, 0.6) is 0 Å². The van der Waals surface area contributed by atoms with E-state index in [1.807, 2.05) is 6.92 Å². The van der Waals surface area contributed by atoms with E-state index in [2.05, 4.69) is 0 Å². The molecule has 0 spiro atoms. The Morgan fingerprint density at radius 3 is 2.61 bits per heavy atom. The van der Waals surface area contributed by atoms with Crippen molar-refractivity contribution in [2.24, 2.45) is 0 Å². The molecule has 6 heteroatoms. The van der Waals surface area contributed by atoms with Crippen LogP contribution >= 0.6 is 0 Å². The summed E-state index contributed by atoms with van der Waals surface area (Å²) in [5.74, 6) is -1.43. The molecule has 0 aromatic heterocycles. The van der Waals surface area contributed by atoms with Gasteiger partial charge in [0.05, 0.1) is 16.4 Å². The van der Waals surface area contributed by atoms with Crippen molar-refractivity contribution < 1.29 is 18.9 Å². The molecular weight excluding hydrogens is 254 g/mol. The van der Waals surface area contributed by atoms with Crippen LogP contribution in [0.15, 0.2) is 29.2 Å². The first-order chi connectivity index (χ1) is 8.45. The number of hydrogen-bond acceptors (Lipinski definition) is 3. The molecule has 18 heavy (non-hydrogen) atoms. The molecule has 1 aromatic carbocycles. The van der Waals surface area contributed by atoms with Crippen LogP contribution in [-0.2, 0) is 15.6 Å². The third-order valence-corrected chi connectivity index (χ3v) is 3.79. The van der Waals surface area contributed by atoms with Gasteiger partial charge in [-0.15, -0.1) is 0 Å². The van der Waals surface area contributed by atoms with Gasteiger partial charge < -0.3 is 10.0 Å². The number of carbonyl (C=O) groups is 2. The van der Waals surface area contributed by atoms with Crippen LogP contribution in [-0.4, -0.2) is 45.4 Å². The van der Waals surface area contributed by atoms with Crippen LogP contribution in [0.1, 0.15) is 17.3 Å². The molecule has 5 nitrogen and oxygen atoms in total. The highest BCUT2D eigenvalue weighted by molar-refractivity contribution is 7.85. The van der Waals surface area contributed by atoms with E-state index in [-0.39, 0.29) is 17.2 Å². The summed E-state index contributed by atoms with van der Waals surface area (Å²) < 4.78 is 11.9. The molecule has 0 aliphatic carbocycles. The first-order valence-electron chi connectivity index (χ1n) is 5.41. The van der Waals surface area contributed by atoms with E-state index >= 15 is 0 Å². The van der Waals surface area contributed by atoms with Gasteiger partial charge in [0.15, 0.2) is 0 Å². The average Bonchev–Trinajstić information content (AvgIpc) is 2.37. The number of carboxylic acids is 1. The topological polar surface area (TPSA) is 74.7 Å². The zero-order valence-corrected chi connectivity index (χ0v) is 11.1. The molecule has 0 fully saturated rings. The fourth-order valence-electron chi connectivity index (χ4n) is 1.25. The van der Waals surface area contributed by atoms with Crippen molar-refractivity contribution in [2.75, 3.05) is 19.3 Å². The maximum absolute atomic E-state index is 11.9. The Morgan fingerprint density at radius 1 is 1.39 bits per heavy atom. The third kappa shape index (κ3) is 3.66. The number of nitrogens with zero attached hydrogens (tertiary/aromatic N) is 1. The van der Waals surface area contributed by atoms with Crippen molar-refractivity contribution in [1.82, 2.24) is 4.90 Å². The molecule has 0 radical (unpaired) electrons. The fourth-order valence-corrected chi connectivity index (χ4v) is 2.35. The average molecular weight is 269 g/mol. The Kier molecular flexibility index (Phi) is 5.03. The summed E-state index contributed by atoms with van der Waals surface area (Å²) in [7, 11) is 0.115. The summed E-state index contributed by atoms with van der Waals surface area (Å²) >= 11 is 0. The number of hydrogen-bond donors (Lipinski definition) is 1. The van der Waals surface area contributed by atoms with E-state index in [4.69, 9.17) is 5.11 Å². The van der Waals surface area contributed by atoms with Crippen molar-refractivity contribution in [1.29, 1.82) is 0 Å². The molecule has 0 aliphatic rings. The largest absolute Gasteiger partial charge is 0.478 e. The molecule has 1 rings (SSSR count). The highest BCUT2D eigenvalue weighted by atomic mass is 32.2. The van der Waals surface area contributed by atoms with Gasteiger partial charge in [0, 0.05) is 18.5 Å². The van der Waals surface area contributed by atoms with Gasteiger partial charge in [0.2, 0.25) is 5.91 Å². The molecule has 0 heterocycles. The summed E-state index contributed by atoms with van der Waals surface area (Å²) in [6.45, 7) is 2.37. The number of carbonyl (C=O) groups excluding carboxylic acids is 1. The van der Waals surface area contributed by atoms with Gasteiger partial charge in [-0.1, -0.05) is 6.07 Å². The Morgan fingerprint density at radius 2 is 2.06 bits per heavy atom. The van der Waals surface area contributed by atoms with Crippen LogP contribution in [0.4, 0.5) is 0 Å². The van der Waals surface area contributed by atoms with Crippen LogP contribution in [0.3, 0.4) is 0 Å².